The number of likely N-dealkylation sites (tertiary alicyclic amines) is 1. The first kappa shape index (κ1) is 17.9. The molecule has 4 aliphatic rings. The highest BCUT2D eigenvalue weighted by Gasteiger charge is 2.47. The van der Waals surface area contributed by atoms with Crippen LogP contribution in [-0.4, -0.2) is 66.0 Å². The highest BCUT2D eigenvalue weighted by atomic mass is 16.5. The predicted molar refractivity (Wildman–Crippen MR) is 105 cm³/mol. The van der Waals surface area contributed by atoms with Gasteiger partial charge in [0, 0.05) is 39.1 Å². The minimum Gasteiger partial charge on any atom is -0.493 e. The highest BCUT2D eigenvalue weighted by molar-refractivity contribution is 6.05. The number of piperazine rings is 1. The summed E-state index contributed by atoms with van der Waals surface area (Å²) in [4.78, 5) is 31.5. The number of carbonyl (C=O) groups is 2. The summed E-state index contributed by atoms with van der Waals surface area (Å²) in [6.07, 6.45) is 6.52. The van der Waals surface area contributed by atoms with Crippen molar-refractivity contribution in [1.29, 1.82) is 0 Å². The lowest BCUT2D eigenvalue weighted by Crippen LogP contribution is -2.51. The van der Waals surface area contributed by atoms with Gasteiger partial charge < -0.3 is 4.74 Å². The average molecular weight is 381 g/mol. The molecule has 2 atom stereocenters. The molecule has 3 aliphatic heterocycles. The van der Waals surface area contributed by atoms with E-state index in [1.807, 2.05) is 12.2 Å². The quantitative estimate of drug-likeness (QED) is 0.586. The number of carbonyl (C=O) groups excluding carboxylic acids is 2. The third-order valence-corrected chi connectivity index (χ3v) is 6.57. The highest BCUT2D eigenvalue weighted by Crippen LogP contribution is 2.35. The number of benzene rings is 1. The standard InChI is InChI=1S/C22H27N3O3/c26-21-18-3-1-2-4-19(18)22(27)25(21)15-24-10-8-23(9-11-24)14-16-5-6-20-17(13-16)7-12-28-20/h1-2,5-6,13,18-19H,3-4,7-12,14-15H2/t18-,19-/m0/s1. The first-order valence-electron chi connectivity index (χ1n) is 10.4. The smallest absolute Gasteiger partial charge is 0.234 e. The molecule has 0 saturated carbocycles. The number of hydrogen-bond donors (Lipinski definition) is 0. The number of ether oxygens (including phenoxy) is 1. The molecule has 0 aromatic heterocycles. The van der Waals surface area contributed by atoms with Gasteiger partial charge in [-0.25, -0.2) is 0 Å². The van der Waals surface area contributed by atoms with Crippen molar-refractivity contribution in [2.45, 2.75) is 25.8 Å². The summed E-state index contributed by atoms with van der Waals surface area (Å²) in [6.45, 7) is 5.88. The normalized spacial score (nSPS) is 27.8. The zero-order valence-electron chi connectivity index (χ0n) is 16.2. The number of hydrogen-bond acceptors (Lipinski definition) is 5. The zero-order valence-corrected chi connectivity index (χ0v) is 16.2. The Morgan fingerprint density at radius 2 is 1.61 bits per heavy atom. The van der Waals surface area contributed by atoms with Crippen LogP contribution in [0.3, 0.4) is 0 Å². The number of nitrogens with zero attached hydrogens (tertiary/aromatic N) is 3. The second-order valence-corrected chi connectivity index (χ2v) is 8.34. The van der Waals surface area contributed by atoms with Gasteiger partial charge in [-0.3, -0.25) is 24.3 Å². The van der Waals surface area contributed by atoms with E-state index in [4.69, 9.17) is 4.74 Å². The summed E-state index contributed by atoms with van der Waals surface area (Å²) in [6, 6.07) is 6.52. The summed E-state index contributed by atoms with van der Waals surface area (Å²) in [5.74, 6) is 0.846. The van der Waals surface area contributed by atoms with Crippen molar-refractivity contribution in [3.8, 4) is 5.75 Å². The van der Waals surface area contributed by atoms with E-state index in [1.165, 1.54) is 16.0 Å². The second-order valence-electron chi connectivity index (χ2n) is 8.34. The Hall–Kier alpha value is -2.18. The Bertz CT molecular complexity index is 787. The first-order chi connectivity index (χ1) is 13.7. The summed E-state index contributed by atoms with van der Waals surface area (Å²) in [5.41, 5.74) is 2.65. The summed E-state index contributed by atoms with van der Waals surface area (Å²) >= 11 is 0. The lowest BCUT2D eigenvalue weighted by molar-refractivity contribution is -0.142. The number of amides is 2. The van der Waals surface area contributed by atoms with Crippen LogP contribution < -0.4 is 4.74 Å². The maximum absolute atomic E-state index is 12.6. The Morgan fingerprint density at radius 1 is 0.929 bits per heavy atom. The van der Waals surface area contributed by atoms with Gasteiger partial charge in [0.15, 0.2) is 0 Å². The minimum absolute atomic E-state index is 0.0298. The molecular weight excluding hydrogens is 354 g/mol. The van der Waals surface area contributed by atoms with Crippen LogP contribution in [-0.2, 0) is 22.6 Å². The number of allylic oxidation sites excluding steroid dienone is 2. The summed E-state index contributed by atoms with van der Waals surface area (Å²) < 4.78 is 5.59. The van der Waals surface area contributed by atoms with Crippen molar-refractivity contribution < 1.29 is 14.3 Å². The van der Waals surface area contributed by atoms with E-state index in [0.29, 0.717) is 19.5 Å². The fourth-order valence-corrected chi connectivity index (χ4v) is 4.89. The minimum atomic E-state index is -0.123. The van der Waals surface area contributed by atoms with Crippen LogP contribution in [0.4, 0.5) is 0 Å². The van der Waals surface area contributed by atoms with Crippen LogP contribution >= 0.6 is 0 Å². The van der Waals surface area contributed by atoms with Gasteiger partial charge >= 0.3 is 0 Å². The molecule has 5 rings (SSSR count). The molecule has 1 aromatic rings. The lowest BCUT2D eigenvalue weighted by atomic mass is 9.85. The van der Waals surface area contributed by atoms with E-state index >= 15 is 0 Å². The fraction of sp³-hybridized carbons (Fsp3) is 0.545. The third kappa shape index (κ3) is 3.25. The van der Waals surface area contributed by atoms with E-state index in [9.17, 15) is 9.59 Å². The van der Waals surface area contributed by atoms with E-state index in [2.05, 4.69) is 28.0 Å². The van der Waals surface area contributed by atoms with Gasteiger partial charge in [0.1, 0.15) is 5.75 Å². The molecule has 0 unspecified atom stereocenters. The third-order valence-electron chi connectivity index (χ3n) is 6.57. The predicted octanol–water partition coefficient (Wildman–Crippen LogP) is 1.65. The topological polar surface area (TPSA) is 53.1 Å². The molecule has 2 amide bonds. The van der Waals surface area contributed by atoms with Gasteiger partial charge in [-0.15, -0.1) is 0 Å². The first-order valence-corrected chi connectivity index (χ1v) is 10.4. The summed E-state index contributed by atoms with van der Waals surface area (Å²) in [7, 11) is 0. The molecule has 148 valence electrons. The van der Waals surface area contributed by atoms with Gasteiger partial charge in [0.25, 0.3) is 0 Å². The van der Waals surface area contributed by atoms with Crippen molar-refractivity contribution >= 4 is 11.8 Å². The van der Waals surface area contributed by atoms with E-state index in [1.54, 1.807) is 0 Å². The van der Waals surface area contributed by atoms with E-state index in [-0.39, 0.29) is 23.7 Å². The number of fused-ring (bicyclic) bond motifs is 2. The van der Waals surface area contributed by atoms with Gasteiger partial charge in [-0.05, 0) is 30.0 Å². The SMILES string of the molecule is O=C1[C@H]2CC=CC[C@@H]2C(=O)N1CN1CCN(Cc2ccc3c(c2)CCO3)CC1. The largest absolute Gasteiger partial charge is 0.493 e. The van der Waals surface area contributed by atoms with E-state index in [0.717, 1.165) is 51.5 Å². The van der Waals surface area contributed by atoms with Gasteiger partial charge in [0.05, 0.1) is 25.1 Å². The van der Waals surface area contributed by atoms with Crippen LogP contribution in [0.5, 0.6) is 5.75 Å². The molecule has 2 fully saturated rings. The molecule has 0 N–H and O–H groups in total. The van der Waals surface area contributed by atoms with Gasteiger partial charge in [-0.2, -0.15) is 0 Å². The maximum Gasteiger partial charge on any atom is 0.234 e. The summed E-state index contributed by atoms with van der Waals surface area (Å²) in [5, 5.41) is 0. The Labute approximate surface area is 165 Å². The van der Waals surface area contributed by atoms with Gasteiger partial charge in [-0.1, -0.05) is 24.3 Å². The van der Waals surface area contributed by atoms with Crippen LogP contribution in [0.15, 0.2) is 30.4 Å². The number of rotatable bonds is 4. The van der Waals surface area contributed by atoms with Crippen molar-refractivity contribution in [3.05, 3.63) is 41.5 Å². The van der Waals surface area contributed by atoms with Crippen LogP contribution in [0.25, 0.3) is 0 Å². The molecule has 1 aliphatic carbocycles. The molecular formula is C22H27N3O3. The molecule has 0 radical (unpaired) electrons. The van der Waals surface area contributed by atoms with Crippen LogP contribution in [0, 0.1) is 11.8 Å². The number of imide groups is 1. The van der Waals surface area contributed by atoms with Crippen molar-refractivity contribution in [1.82, 2.24) is 14.7 Å². The molecule has 1 aromatic carbocycles. The lowest BCUT2D eigenvalue weighted by Gasteiger charge is -2.36. The van der Waals surface area contributed by atoms with Crippen molar-refractivity contribution in [2.75, 3.05) is 39.5 Å². The van der Waals surface area contributed by atoms with Gasteiger partial charge in [0.2, 0.25) is 11.8 Å². The van der Waals surface area contributed by atoms with E-state index < -0.39 is 0 Å². The molecule has 2 saturated heterocycles. The average Bonchev–Trinajstić information content (AvgIpc) is 3.28. The zero-order chi connectivity index (χ0) is 19.1. The Balaban J connectivity index is 1.14. The Kier molecular flexibility index (Phi) is 4.69. The van der Waals surface area contributed by atoms with Crippen LogP contribution in [0.2, 0.25) is 0 Å². The fourth-order valence-electron chi connectivity index (χ4n) is 4.89. The monoisotopic (exact) mass is 381 g/mol. The maximum atomic E-state index is 12.6. The molecule has 0 spiro atoms. The second kappa shape index (κ2) is 7.33. The van der Waals surface area contributed by atoms with Crippen molar-refractivity contribution in [2.24, 2.45) is 11.8 Å². The Morgan fingerprint density at radius 3 is 2.32 bits per heavy atom. The van der Waals surface area contributed by atoms with Crippen molar-refractivity contribution in [3.63, 3.8) is 0 Å². The van der Waals surface area contributed by atoms with Crippen LogP contribution in [0.1, 0.15) is 24.0 Å². The molecule has 28 heavy (non-hydrogen) atoms. The molecule has 6 nitrogen and oxygen atoms in total. The molecule has 3 heterocycles. The molecule has 0 bridgehead atoms. The molecule has 6 heteroatoms.